The molecule has 0 aromatic heterocycles. The third-order valence-corrected chi connectivity index (χ3v) is 5.85. The fourth-order valence-electron chi connectivity index (χ4n) is 2.40. The highest BCUT2D eigenvalue weighted by atomic mass is 32.2. The van der Waals surface area contributed by atoms with E-state index < -0.39 is 15.1 Å². The first-order valence-corrected chi connectivity index (χ1v) is 8.71. The Labute approximate surface area is 137 Å². The van der Waals surface area contributed by atoms with Gasteiger partial charge in [-0.25, -0.2) is 8.42 Å². The zero-order chi connectivity index (χ0) is 17.0. The van der Waals surface area contributed by atoms with Crippen LogP contribution in [0.3, 0.4) is 0 Å². The maximum atomic E-state index is 13.0. The molecule has 0 aliphatic carbocycles. The molecule has 1 atom stereocenters. The summed E-state index contributed by atoms with van der Waals surface area (Å²) in [5.74, 6) is 1.02. The first-order valence-electron chi connectivity index (χ1n) is 7.16. The lowest BCUT2D eigenvalue weighted by atomic mass is 10.1. The third-order valence-electron chi connectivity index (χ3n) is 3.72. The van der Waals surface area contributed by atoms with E-state index in [1.54, 1.807) is 42.5 Å². The number of sulfone groups is 1. The minimum Gasteiger partial charge on any atom is -0.497 e. The van der Waals surface area contributed by atoms with E-state index >= 15 is 0 Å². The molecule has 6 heteroatoms. The number of aryl methyl sites for hydroxylation is 1. The van der Waals surface area contributed by atoms with Crippen LogP contribution in [0.5, 0.6) is 11.5 Å². The minimum absolute atomic E-state index is 0.0558. The molecule has 0 unspecified atom stereocenters. The molecule has 0 amide bonds. The van der Waals surface area contributed by atoms with Gasteiger partial charge in [0.25, 0.3) is 0 Å². The lowest BCUT2D eigenvalue weighted by Crippen LogP contribution is -2.23. The van der Waals surface area contributed by atoms with Crippen molar-refractivity contribution < 1.29 is 17.9 Å². The average Bonchev–Trinajstić information content (AvgIpc) is 2.55. The summed E-state index contributed by atoms with van der Waals surface area (Å²) in [4.78, 5) is 0.239. The topological polar surface area (TPSA) is 78.6 Å². The van der Waals surface area contributed by atoms with Gasteiger partial charge in [0.15, 0.2) is 9.84 Å². The average molecular weight is 335 g/mol. The van der Waals surface area contributed by atoms with Gasteiger partial charge in [0.1, 0.15) is 16.7 Å². The zero-order valence-electron chi connectivity index (χ0n) is 13.4. The first kappa shape index (κ1) is 17.3. The van der Waals surface area contributed by atoms with E-state index in [-0.39, 0.29) is 11.4 Å². The van der Waals surface area contributed by atoms with E-state index in [9.17, 15) is 8.42 Å². The Balaban J connectivity index is 2.56. The van der Waals surface area contributed by atoms with E-state index in [0.717, 1.165) is 5.56 Å². The van der Waals surface area contributed by atoms with Gasteiger partial charge in [0, 0.05) is 12.1 Å². The maximum Gasteiger partial charge on any atom is 0.186 e. The molecule has 23 heavy (non-hydrogen) atoms. The van der Waals surface area contributed by atoms with Crippen molar-refractivity contribution in [2.24, 2.45) is 5.73 Å². The molecule has 0 saturated heterocycles. The van der Waals surface area contributed by atoms with Crippen LogP contribution in [0.4, 0.5) is 0 Å². The second-order valence-electron chi connectivity index (χ2n) is 5.19. The molecule has 2 N–H and O–H groups in total. The van der Waals surface area contributed by atoms with Crippen molar-refractivity contribution in [1.82, 2.24) is 0 Å². The predicted molar refractivity (Wildman–Crippen MR) is 89.7 cm³/mol. The van der Waals surface area contributed by atoms with Gasteiger partial charge in [-0.1, -0.05) is 17.7 Å². The molecule has 0 spiro atoms. The first-order chi connectivity index (χ1) is 10.9. The van der Waals surface area contributed by atoms with Crippen molar-refractivity contribution in [2.45, 2.75) is 17.1 Å². The van der Waals surface area contributed by atoms with Gasteiger partial charge < -0.3 is 15.2 Å². The lowest BCUT2D eigenvalue weighted by molar-refractivity contribution is 0.398. The number of benzene rings is 2. The number of nitrogens with two attached hydrogens (primary N) is 1. The second kappa shape index (κ2) is 7.02. The highest BCUT2D eigenvalue weighted by Crippen LogP contribution is 2.36. The van der Waals surface area contributed by atoms with Gasteiger partial charge in [0.05, 0.1) is 19.1 Å². The Morgan fingerprint density at radius 3 is 2.22 bits per heavy atom. The summed E-state index contributed by atoms with van der Waals surface area (Å²) in [5, 5.41) is -0.907. The van der Waals surface area contributed by atoms with Crippen molar-refractivity contribution in [3.05, 3.63) is 53.6 Å². The normalized spacial score (nSPS) is 12.7. The van der Waals surface area contributed by atoms with Gasteiger partial charge in [-0.3, -0.25) is 0 Å². The summed E-state index contributed by atoms with van der Waals surface area (Å²) >= 11 is 0. The molecule has 5 nitrogen and oxygen atoms in total. The van der Waals surface area contributed by atoms with Gasteiger partial charge >= 0.3 is 0 Å². The van der Waals surface area contributed by atoms with Gasteiger partial charge in [-0.2, -0.15) is 0 Å². The highest BCUT2D eigenvalue weighted by Gasteiger charge is 2.30. The molecule has 0 fully saturated rings. The van der Waals surface area contributed by atoms with Crippen LogP contribution in [0.2, 0.25) is 0 Å². The van der Waals surface area contributed by atoms with E-state index in [1.807, 2.05) is 6.92 Å². The molecule has 0 heterocycles. The van der Waals surface area contributed by atoms with Crippen LogP contribution in [0.1, 0.15) is 16.4 Å². The molecule has 0 saturated carbocycles. The SMILES string of the molecule is COc1ccc(OC)c([C@H](CN)S(=O)(=O)c2ccc(C)cc2)c1. The lowest BCUT2D eigenvalue weighted by Gasteiger charge is -2.20. The Morgan fingerprint density at radius 2 is 1.70 bits per heavy atom. The summed E-state index contributed by atoms with van der Waals surface area (Å²) in [6.45, 7) is 1.85. The molecule has 2 aromatic rings. The summed E-state index contributed by atoms with van der Waals surface area (Å²) in [6.07, 6.45) is 0. The number of rotatable bonds is 6. The van der Waals surface area contributed by atoms with Crippen LogP contribution < -0.4 is 15.2 Å². The van der Waals surface area contributed by atoms with Crippen LogP contribution in [0.25, 0.3) is 0 Å². The molecular formula is C17H21NO4S. The van der Waals surface area contributed by atoms with Crippen molar-refractivity contribution in [1.29, 1.82) is 0 Å². The standard InChI is InChI=1S/C17H21NO4S/c1-12-4-7-14(8-5-12)23(19,20)17(11-18)15-10-13(21-2)6-9-16(15)22-3/h4-10,17H,11,18H2,1-3H3/t17-/m0/s1. The van der Waals surface area contributed by atoms with E-state index in [2.05, 4.69) is 0 Å². The van der Waals surface area contributed by atoms with Gasteiger partial charge in [0.2, 0.25) is 0 Å². The molecule has 0 radical (unpaired) electrons. The predicted octanol–water partition coefficient (Wildman–Crippen LogP) is 2.49. The molecule has 2 rings (SSSR count). The summed E-state index contributed by atoms with van der Waals surface area (Å²) in [5.41, 5.74) is 7.29. The van der Waals surface area contributed by atoms with Crippen molar-refractivity contribution in [3.8, 4) is 11.5 Å². The van der Waals surface area contributed by atoms with E-state index in [1.165, 1.54) is 14.2 Å². The fraction of sp³-hybridized carbons (Fsp3) is 0.294. The Hall–Kier alpha value is -2.05. The third kappa shape index (κ3) is 3.48. The van der Waals surface area contributed by atoms with E-state index in [4.69, 9.17) is 15.2 Å². The van der Waals surface area contributed by atoms with Crippen LogP contribution >= 0.6 is 0 Å². The number of methoxy groups -OCH3 is 2. The van der Waals surface area contributed by atoms with Crippen molar-refractivity contribution in [3.63, 3.8) is 0 Å². The van der Waals surface area contributed by atoms with E-state index in [0.29, 0.717) is 17.1 Å². The van der Waals surface area contributed by atoms with Crippen molar-refractivity contribution >= 4 is 9.84 Å². The largest absolute Gasteiger partial charge is 0.497 e. The molecule has 0 bridgehead atoms. The smallest absolute Gasteiger partial charge is 0.186 e. The number of ether oxygens (including phenoxy) is 2. The van der Waals surface area contributed by atoms with Crippen LogP contribution in [-0.2, 0) is 9.84 Å². The fourth-order valence-corrected chi connectivity index (χ4v) is 4.02. The number of hydrogen-bond acceptors (Lipinski definition) is 5. The van der Waals surface area contributed by atoms with Gasteiger partial charge in [-0.15, -0.1) is 0 Å². The summed E-state index contributed by atoms with van der Waals surface area (Å²) in [7, 11) is -0.616. The zero-order valence-corrected chi connectivity index (χ0v) is 14.3. The molecule has 124 valence electrons. The molecule has 0 aliphatic heterocycles. The van der Waals surface area contributed by atoms with Gasteiger partial charge in [-0.05, 0) is 37.3 Å². The molecule has 2 aromatic carbocycles. The maximum absolute atomic E-state index is 13.0. The second-order valence-corrected chi connectivity index (χ2v) is 7.32. The monoisotopic (exact) mass is 335 g/mol. The van der Waals surface area contributed by atoms with Crippen molar-refractivity contribution in [2.75, 3.05) is 20.8 Å². The number of hydrogen-bond donors (Lipinski definition) is 1. The summed E-state index contributed by atoms with van der Waals surface area (Å²) < 4.78 is 36.4. The Morgan fingerprint density at radius 1 is 1.04 bits per heavy atom. The molecule has 0 aliphatic rings. The molecular weight excluding hydrogens is 314 g/mol. The minimum atomic E-state index is -3.64. The van der Waals surface area contributed by atoms with Crippen LogP contribution in [0, 0.1) is 6.92 Å². The Bertz CT molecular complexity index is 770. The van der Waals surface area contributed by atoms with Crippen LogP contribution in [0.15, 0.2) is 47.4 Å². The summed E-state index contributed by atoms with van der Waals surface area (Å²) in [6, 6.07) is 11.8. The highest BCUT2D eigenvalue weighted by molar-refractivity contribution is 7.91. The quantitative estimate of drug-likeness (QED) is 0.877. The Kier molecular flexibility index (Phi) is 5.28. The van der Waals surface area contributed by atoms with Crippen LogP contribution in [-0.4, -0.2) is 29.2 Å².